The van der Waals surface area contributed by atoms with Crippen LogP contribution in [-0.2, 0) is 4.79 Å². The summed E-state index contributed by atoms with van der Waals surface area (Å²) in [6, 6.07) is 0. The van der Waals surface area contributed by atoms with Gasteiger partial charge in [0.1, 0.15) is 0 Å². The van der Waals surface area contributed by atoms with Gasteiger partial charge in [0, 0.05) is 5.92 Å². The summed E-state index contributed by atoms with van der Waals surface area (Å²) in [7, 11) is 0. The SMILES string of the molecule is CCCCCCCCCCCCCCC(C)[C]=O. The largest absolute Gasteiger partial charge is 0.291 e. The Kier molecular flexibility index (Phi) is 14.5. The van der Waals surface area contributed by atoms with Gasteiger partial charge in [-0.3, -0.25) is 4.79 Å². The van der Waals surface area contributed by atoms with Gasteiger partial charge < -0.3 is 0 Å². The highest BCUT2D eigenvalue weighted by molar-refractivity contribution is 5.53. The van der Waals surface area contributed by atoms with E-state index in [4.69, 9.17) is 0 Å². The van der Waals surface area contributed by atoms with Crippen LogP contribution in [0.5, 0.6) is 0 Å². The van der Waals surface area contributed by atoms with Crippen LogP contribution < -0.4 is 0 Å². The first-order valence-electron chi connectivity index (χ1n) is 8.19. The van der Waals surface area contributed by atoms with E-state index >= 15 is 0 Å². The molecule has 0 aromatic carbocycles. The third-order valence-electron chi connectivity index (χ3n) is 3.69. The van der Waals surface area contributed by atoms with E-state index in [1.165, 1.54) is 77.0 Å². The van der Waals surface area contributed by atoms with Crippen LogP contribution in [0.3, 0.4) is 0 Å². The molecule has 0 bridgehead atoms. The Bertz CT molecular complexity index is 165. The molecule has 0 aliphatic carbocycles. The third kappa shape index (κ3) is 13.7. The summed E-state index contributed by atoms with van der Waals surface area (Å²) in [5.74, 6) is 0.146. The van der Waals surface area contributed by atoms with Gasteiger partial charge in [-0.1, -0.05) is 90.9 Å². The zero-order chi connectivity index (χ0) is 13.5. The fourth-order valence-corrected chi connectivity index (χ4v) is 2.35. The number of hydrogen-bond acceptors (Lipinski definition) is 1. The smallest absolute Gasteiger partial charge is 0.201 e. The molecule has 0 N–H and O–H groups in total. The van der Waals surface area contributed by atoms with Crippen molar-refractivity contribution < 1.29 is 4.79 Å². The average Bonchev–Trinajstić information content (AvgIpc) is 2.39. The molecule has 1 heteroatoms. The summed E-state index contributed by atoms with van der Waals surface area (Å²) >= 11 is 0. The van der Waals surface area contributed by atoms with Crippen molar-refractivity contribution in [1.82, 2.24) is 0 Å². The lowest BCUT2D eigenvalue weighted by Gasteiger charge is -2.03. The lowest BCUT2D eigenvalue weighted by Crippen LogP contribution is -1.94. The first-order chi connectivity index (χ1) is 8.81. The van der Waals surface area contributed by atoms with Crippen molar-refractivity contribution in [3.05, 3.63) is 0 Å². The summed E-state index contributed by atoms with van der Waals surface area (Å²) in [5.41, 5.74) is 0. The highest BCUT2D eigenvalue weighted by atomic mass is 16.1. The van der Waals surface area contributed by atoms with E-state index in [1.54, 1.807) is 0 Å². The molecule has 0 aliphatic heterocycles. The van der Waals surface area contributed by atoms with Crippen LogP contribution in [0.15, 0.2) is 0 Å². The minimum absolute atomic E-state index is 0.146. The van der Waals surface area contributed by atoms with Gasteiger partial charge in [0.2, 0.25) is 6.29 Å². The molecule has 0 heterocycles. The Labute approximate surface area is 115 Å². The van der Waals surface area contributed by atoms with E-state index in [-0.39, 0.29) is 5.92 Å². The summed E-state index contributed by atoms with van der Waals surface area (Å²) in [6.45, 7) is 4.24. The fraction of sp³-hybridized carbons (Fsp3) is 0.941. The lowest BCUT2D eigenvalue weighted by molar-refractivity contribution is 0.497. The fourth-order valence-electron chi connectivity index (χ4n) is 2.35. The maximum Gasteiger partial charge on any atom is 0.201 e. The van der Waals surface area contributed by atoms with Crippen LogP contribution in [0.1, 0.15) is 97.3 Å². The van der Waals surface area contributed by atoms with E-state index in [0.717, 1.165) is 6.42 Å². The zero-order valence-corrected chi connectivity index (χ0v) is 12.7. The van der Waals surface area contributed by atoms with E-state index in [1.807, 2.05) is 6.92 Å². The van der Waals surface area contributed by atoms with Gasteiger partial charge in [0.05, 0.1) is 0 Å². The maximum atomic E-state index is 10.3. The topological polar surface area (TPSA) is 17.1 Å². The number of hydrogen-bond donors (Lipinski definition) is 0. The molecule has 0 saturated carbocycles. The highest BCUT2D eigenvalue weighted by Gasteiger charge is 1.99. The molecule has 0 spiro atoms. The predicted octanol–water partition coefficient (Wildman–Crippen LogP) is 5.82. The standard InChI is InChI=1S/C17H33O/c1-3-4-5-6-7-8-9-10-11-12-13-14-15-17(2)16-18/h17H,3-15H2,1-2H3. The lowest BCUT2D eigenvalue weighted by atomic mass is 10.0. The van der Waals surface area contributed by atoms with E-state index in [2.05, 4.69) is 13.2 Å². The van der Waals surface area contributed by atoms with Gasteiger partial charge in [-0.05, 0) is 6.42 Å². The van der Waals surface area contributed by atoms with Crippen LogP contribution in [0, 0.1) is 5.92 Å². The quantitative estimate of drug-likeness (QED) is 0.356. The first-order valence-corrected chi connectivity index (χ1v) is 8.19. The zero-order valence-electron chi connectivity index (χ0n) is 12.7. The second kappa shape index (κ2) is 14.7. The van der Waals surface area contributed by atoms with Crippen LogP contribution in [0.25, 0.3) is 0 Å². The molecule has 0 saturated heterocycles. The number of rotatable bonds is 14. The molecule has 0 aliphatic rings. The average molecular weight is 253 g/mol. The van der Waals surface area contributed by atoms with E-state index in [9.17, 15) is 4.79 Å². The first kappa shape index (κ1) is 17.7. The Hall–Kier alpha value is -0.330. The Morgan fingerprint density at radius 1 is 0.722 bits per heavy atom. The summed E-state index contributed by atoms with van der Waals surface area (Å²) in [4.78, 5) is 10.3. The van der Waals surface area contributed by atoms with Crippen molar-refractivity contribution >= 4 is 6.29 Å². The van der Waals surface area contributed by atoms with Crippen LogP contribution in [-0.4, -0.2) is 6.29 Å². The molecule has 1 unspecified atom stereocenters. The highest BCUT2D eigenvalue weighted by Crippen LogP contribution is 2.13. The molecular weight excluding hydrogens is 220 g/mol. The number of carbonyl (C=O) groups excluding carboxylic acids is 1. The third-order valence-corrected chi connectivity index (χ3v) is 3.69. The van der Waals surface area contributed by atoms with Crippen LogP contribution in [0.2, 0.25) is 0 Å². The second-order valence-electron chi connectivity index (χ2n) is 5.70. The van der Waals surface area contributed by atoms with Crippen molar-refractivity contribution in [3.8, 4) is 0 Å². The van der Waals surface area contributed by atoms with E-state index < -0.39 is 0 Å². The van der Waals surface area contributed by atoms with Crippen molar-refractivity contribution in [1.29, 1.82) is 0 Å². The number of unbranched alkanes of at least 4 members (excludes halogenated alkanes) is 11. The molecule has 0 fully saturated rings. The van der Waals surface area contributed by atoms with Crippen LogP contribution in [0.4, 0.5) is 0 Å². The Morgan fingerprint density at radius 2 is 1.11 bits per heavy atom. The molecular formula is C17H33O. The molecule has 107 valence electrons. The van der Waals surface area contributed by atoms with Gasteiger partial charge in [-0.25, -0.2) is 0 Å². The predicted molar refractivity (Wildman–Crippen MR) is 80.6 cm³/mol. The summed E-state index contributed by atoms with van der Waals surface area (Å²) < 4.78 is 0. The molecule has 1 atom stereocenters. The van der Waals surface area contributed by atoms with Gasteiger partial charge in [0.25, 0.3) is 0 Å². The summed E-state index contributed by atoms with van der Waals surface area (Å²) in [6.07, 6.45) is 19.6. The molecule has 18 heavy (non-hydrogen) atoms. The molecule has 0 aromatic rings. The maximum absolute atomic E-state index is 10.3. The minimum Gasteiger partial charge on any atom is -0.291 e. The van der Waals surface area contributed by atoms with Crippen molar-refractivity contribution in [3.63, 3.8) is 0 Å². The van der Waals surface area contributed by atoms with Crippen molar-refractivity contribution in [2.24, 2.45) is 5.92 Å². The van der Waals surface area contributed by atoms with Gasteiger partial charge in [0.15, 0.2) is 0 Å². The Morgan fingerprint density at radius 3 is 1.50 bits per heavy atom. The molecule has 0 amide bonds. The van der Waals surface area contributed by atoms with Crippen LogP contribution >= 0.6 is 0 Å². The molecule has 0 aromatic heterocycles. The van der Waals surface area contributed by atoms with Crippen molar-refractivity contribution in [2.75, 3.05) is 0 Å². The molecule has 0 rings (SSSR count). The monoisotopic (exact) mass is 253 g/mol. The summed E-state index contributed by atoms with van der Waals surface area (Å²) in [5, 5.41) is 0. The van der Waals surface area contributed by atoms with E-state index in [0.29, 0.717) is 0 Å². The van der Waals surface area contributed by atoms with Crippen molar-refractivity contribution in [2.45, 2.75) is 97.3 Å². The molecule has 1 nitrogen and oxygen atoms in total. The second-order valence-corrected chi connectivity index (χ2v) is 5.70. The van der Waals surface area contributed by atoms with Gasteiger partial charge >= 0.3 is 0 Å². The van der Waals surface area contributed by atoms with Gasteiger partial charge in [-0.2, -0.15) is 0 Å². The normalized spacial score (nSPS) is 12.6. The minimum atomic E-state index is 0.146. The Balaban J connectivity index is 2.96. The molecule has 1 radical (unpaired) electrons. The van der Waals surface area contributed by atoms with Gasteiger partial charge in [-0.15, -0.1) is 0 Å².